The van der Waals surface area contributed by atoms with E-state index in [0.29, 0.717) is 19.1 Å². The molecule has 7 heteroatoms. The normalized spacial score (nSPS) is 14.6. The van der Waals surface area contributed by atoms with E-state index < -0.39 is 5.97 Å². The lowest BCUT2D eigenvalue weighted by Crippen LogP contribution is -2.21. The van der Waals surface area contributed by atoms with Gasteiger partial charge >= 0.3 is 5.97 Å². The van der Waals surface area contributed by atoms with E-state index in [1.165, 1.54) is 5.56 Å². The summed E-state index contributed by atoms with van der Waals surface area (Å²) in [7, 11) is 1.71. The quantitative estimate of drug-likeness (QED) is 0.345. The van der Waals surface area contributed by atoms with E-state index in [-0.39, 0.29) is 17.6 Å². The second kappa shape index (κ2) is 10.5. The number of carbonyl (C=O) groups is 1. The van der Waals surface area contributed by atoms with Gasteiger partial charge in [0.1, 0.15) is 5.75 Å². The lowest BCUT2D eigenvalue weighted by Gasteiger charge is -2.22. The number of hydrogen-bond donors (Lipinski definition) is 1. The zero-order valence-electron chi connectivity index (χ0n) is 23.3. The molecule has 1 N–H and O–H groups in total. The first kappa shape index (κ1) is 26.9. The van der Waals surface area contributed by atoms with Crippen LogP contribution in [0.4, 0.5) is 0 Å². The Hall–Kier alpha value is -3.71. The summed E-state index contributed by atoms with van der Waals surface area (Å²) < 4.78 is 12.7. The molecule has 204 valence electrons. The van der Waals surface area contributed by atoms with Crippen LogP contribution in [0.25, 0.3) is 32.9 Å². The summed E-state index contributed by atoms with van der Waals surface area (Å²) in [5, 5.41) is 11.6. The van der Waals surface area contributed by atoms with Crippen LogP contribution in [0.2, 0.25) is 0 Å². The van der Waals surface area contributed by atoms with Crippen LogP contribution in [0.15, 0.2) is 47.4 Å². The summed E-state index contributed by atoms with van der Waals surface area (Å²) in [4.78, 5) is 29.4. The van der Waals surface area contributed by atoms with Crippen molar-refractivity contribution >= 4 is 27.8 Å². The van der Waals surface area contributed by atoms with E-state index in [2.05, 4.69) is 0 Å². The molecule has 1 fully saturated rings. The lowest BCUT2D eigenvalue weighted by atomic mass is 9.87. The summed E-state index contributed by atoms with van der Waals surface area (Å²) in [5.41, 5.74) is 6.22. The fourth-order valence-electron chi connectivity index (χ4n) is 5.15. The summed E-state index contributed by atoms with van der Waals surface area (Å²) in [6.07, 6.45) is 4.81. The van der Waals surface area contributed by atoms with Gasteiger partial charge in [0.2, 0.25) is 0 Å². The van der Waals surface area contributed by atoms with Crippen molar-refractivity contribution < 1.29 is 19.4 Å². The molecule has 4 aromatic rings. The predicted molar refractivity (Wildman–Crippen MR) is 154 cm³/mol. The highest BCUT2D eigenvalue weighted by molar-refractivity contribution is 6.07. The fourth-order valence-corrected chi connectivity index (χ4v) is 5.15. The number of carboxylic acids is 1. The van der Waals surface area contributed by atoms with Gasteiger partial charge in [-0.1, -0.05) is 0 Å². The van der Waals surface area contributed by atoms with E-state index in [0.717, 1.165) is 69.1 Å². The molecular formula is C32H36N2O5. The van der Waals surface area contributed by atoms with Gasteiger partial charge < -0.3 is 19.1 Å². The Morgan fingerprint density at radius 2 is 1.92 bits per heavy atom. The zero-order chi connectivity index (χ0) is 27.9. The molecule has 1 aliphatic heterocycles. The van der Waals surface area contributed by atoms with E-state index in [9.17, 15) is 14.7 Å². The van der Waals surface area contributed by atoms with Crippen molar-refractivity contribution in [3.8, 4) is 16.9 Å². The number of benzene rings is 2. The zero-order valence-corrected chi connectivity index (χ0v) is 23.3. The first-order chi connectivity index (χ1) is 18.6. The first-order valence-electron chi connectivity index (χ1n) is 13.5. The number of nitrogens with zero attached hydrogens (tertiary/aromatic N) is 2. The molecular weight excluding hydrogens is 492 g/mol. The summed E-state index contributed by atoms with van der Waals surface area (Å²) in [6, 6.07) is 11.4. The minimum Gasteiger partial charge on any atom is -0.493 e. The van der Waals surface area contributed by atoms with Crippen LogP contribution in [0, 0.1) is 12.8 Å². The van der Waals surface area contributed by atoms with E-state index in [1.807, 2.05) is 68.8 Å². The Labute approximate surface area is 228 Å². The third-order valence-corrected chi connectivity index (χ3v) is 7.54. The molecule has 6 rings (SSSR count). The molecule has 0 bridgehead atoms. The molecule has 0 unspecified atom stereocenters. The molecule has 1 saturated carbocycles. The molecule has 2 aromatic heterocycles. The monoisotopic (exact) mass is 528 g/mol. The molecule has 39 heavy (non-hydrogen) atoms. The van der Waals surface area contributed by atoms with Crippen molar-refractivity contribution in [1.82, 2.24) is 9.55 Å². The number of pyridine rings is 2. The minimum absolute atomic E-state index is 0.0193. The maximum Gasteiger partial charge on any atom is 0.307 e. The number of rotatable bonds is 5. The fraction of sp³-hybridized carbons (Fsp3) is 0.406. The average Bonchev–Trinajstić information content (AvgIpc) is 3.72. The molecule has 0 saturated heterocycles. The van der Waals surface area contributed by atoms with Crippen molar-refractivity contribution in [2.75, 3.05) is 13.7 Å². The van der Waals surface area contributed by atoms with Crippen LogP contribution in [-0.2, 0) is 28.9 Å². The van der Waals surface area contributed by atoms with Crippen LogP contribution >= 0.6 is 0 Å². The second-order valence-electron chi connectivity index (χ2n) is 11.5. The number of ether oxygens (including phenoxy) is 2. The standard InChI is InChI=1S/C27H24N2O4.C5H12O/c1-15-12-21-18(5-7-23(30)29(21)14-16-2-3-16)26(20(15)13-24(31)32)19-4-6-22-25-17(9-11-33-22)8-10-28-27(19)25;1-5(2,3)6-4/h4-8,10,12,16H,2-3,9,11,13-14H2,1H3,(H,31,32);1-4H3. The minimum atomic E-state index is -0.885. The second-order valence-corrected chi connectivity index (χ2v) is 11.5. The van der Waals surface area contributed by atoms with Gasteiger partial charge in [-0.2, -0.15) is 0 Å². The largest absolute Gasteiger partial charge is 0.493 e. The van der Waals surface area contributed by atoms with Crippen molar-refractivity contribution in [2.45, 2.75) is 65.5 Å². The molecule has 0 atom stereocenters. The number of aliphatic carboxylic acids is 1. The van der Waals surface area contributed by atoms with Gasteiger partial charge in [-0.05, 0) is 99.0 Å². The summed E-state index contributed by atoms with van der Waals surface area (Å²) in [5.74, 6) is 0.463. The summed E-state index contributed by atoms with van der Waals surface area (Å²) in [6.45, 7) is 9.33. The topological polar surface area (TPSA) is 90.7 Å². The SMILES string of the molecule is COC(C)(C)C.Cc1cc2c(ccc(=O)n2CC2CC2)c(-c2ccc3c4c(ccnc24)CCO3)c1CC(=O)O. The molecule has 3 heterocycles. The van der Waals surface area contributed by atoms with Crippen LogP contribution in [0.5, 0.6) is 5.75 Å². The highest BCUT2D eigenvalue weighted by atomic mass is 16.5. The molecule has 1 aliphatic carbocycles. The van der Waals surface area contributed by atoms with Gasteiger partial charge in [-0.3, -0.25) is 14.6 Å². The molecule has 7 nitrogen and oxygen atoms in total. The molecule has 0 radical (unpaired) electrons. The van der Waals surface area contributed by atoms with E-state index in [4.69, 9.17) is 14.5 Å². The number of carboxylic acid groups (broad SMARTS) is 1. The Morgan fingerprint density at radius 3 is 2.59 bits per heavy atom. The van der Waals surface area contributed by atoms with Crippen molar-refractivity contribution in [2.24, 2.45) is 5.92 Å². The van der Waals surface area contributed by atoms with E-state index in [1.54, 1.807) is 13.2 Å². The average molecular weight is 529 g/mol. The van der Waals surface area contributed by atoms with Gasteiger partial charge in [0.25, 0.3) is 5.56 Å². The molecule has 2 aliphatic rings. The highest BCUT2D eigenvalue weighted by Crippen LogP contribution is 2.42. The third-order valence-electron chi connectivity index (χ3n) is 7.54. The van der Waals surface area contributed by atoms with Gasteiger partial charge in [-0.15, -0.1) is 0 Å². The van der Waals surface area contributed by atoms with Gasteiger partial charge in [0.05, 0.1) is 29.7 Å². The number of methoxy groups -OCH3 is 1. The predicted octanol–water partition coefficient (Wildman–Crippen LogP) is 5.93. The number of fused-ring (bicyclic) bond motifs is 1. The van der Waals surface area contributed by atoms with Crippen LogP contribution in [0.3, 0.4) is 0 Å². The van der Waals surface area contributed by atoms with Crippen molar-refractivity contribution in [3.05, 3.63) is 69.6 Å². The van der Waals surface area contributed by atoms with Crippen LogP contribution in [0.1, 0.15) is 50.3 Å². The van der Waals surface area contributed by atoms with Gasteiger partial charge in [0, 0.05) is 48.7 Å². The van der Waals surface area contributed by atoms with Crippen LogP contribution < -0.4 is 10.3 Å². The van der Waals surface area contributed by atoms with Crippen LogP contribution in [-0.4, -0.2) is 39.9 Å². The van der Waals surface area contributed by atoms with Gasteiger partial charge in [0.15, 0.2) is 0 Å². The third kappa shape index (κ3) is 5.55. The molecule has 0 spiro atoms. The number of aromatic nitrogens is 2. The highest BCUT2D eigenvalue weighted by Gasteiger charge is 2.26. The van der Waals surface area contributed by atoms with E-state index >= 15 is 0 Å². The Kier molecular flexibility index (Phi) is 7.21. The Balaban J connectivity index is 0.000000465. The molecule has 0 amide bonds. The Bertz CT molecular complexity index is 1620. The smallest absolute Gasteiger partial charge is 0.307 e. The maximum atomic E-state index is 12.8. The number of hydrogen-bond acceptors (Lipinski definition) is 5. The van der Waals surface area contributed by atoms with Gasteiger partial charge in [-0.25, -0.2) is 0 Å². The molecule has 2 aromatic carbocycles. The van der Waals surface area contributed by atoms with Crippen molar-refractivity contribution in [1.29, 1.82) is 0 Å². The maximum absolute atomic E-state index is 12.8. The van der Waals surface area contributed by atoms with Crippen molar-refractivity contribution in [3.63, 3.8) is 0 Å². The summed E-state index contributed by atoms with van der Waals surface area (Å²) >= 11 is 0. The first-order valence-corrected chi connectivity index (χ1v) is 13.5. The lowest BCUT2D eigenvalue weighted by molar-refractivity contribution is -0.136. The number of aryl methyl sites for hydroxylation is 1. The Morgan fingerprint density at radius 1 is 1.18 bits per heavy atom.